The summed E-state index contributed by atoms with van der Waals surface area (Å²) in [4.78, 5) is 23.9. The first kappa shape index (κ1) is 24.1. The van der Waals surface area contributed by atoms with Crippen molar-refractivity contribution in [2.24, 2.45) is 0 Å². The molecular weight excluding hydrogens is 451 g/mol. The fraction of sp³-hybridized carbons (Fsp3) is 0.300. The van der Waals surface area contributed by atoms with Crippen molar-refractivity contribution in [3.63, 3.8) is 0 Å². The van der Waals surface area contributed by atoms with E-state index in [1.165, 1.54) is 18.2 Å². The zero-order valence-electron chi connectivity index (χ0n) is 16.7. The predicted octanol–water partition coefficient (Wildman–Crippen LogP) is 3.89. The van der Waals surface area contributed by atoms with E-state index in [1.807, 2.05) is 39.0 Å². The molecule has 0 aliphatic heterocycles. The molecule has 2 aromatic carbocycles. The lowest BCUT2D eigenvalue weighted by atomic mass is 9.98. The Morgan fingerprint density at radius 3 is 2.43 bits per heavy atom. The smallest absolute Gasteiger partial charge is 0.321 e. The molecule has 7 nitrogen and oxygen atoms in total. The van der Waals surface area contributed by atoms with Gasteiger partial charge >= 0.3 is 5.97 Å². The van der Waals surface area contributed by atoms with Crippen LogP contribution in [-0.2, 0) is 24.3 Å². The number of sulfonamides is 1. The van der Waals surface area contributed by atoms with E-state index in [0.717, 1.165) is 11.1 Å². The van der Waals surface area contributed by atoms with E-state index in [-0.39, 0.29) is 20.9 Å². The van der Waals surface area contributed by atoms with Crippen LogP contribution in [0.1, 0.15) is 30.9 Å². The average Bonchev–Trinajstić information content (AvgIpc) is 2.68. The van der Waals surface area contributed by atoms with Gasteiger partial charge < -0.3 is 10.1 Å². The lowest BCUT2D eigenvalue weighted by molar-refractivity contribution is -0.146. The second-order valence-electron chi connectivity index (χ2n) is 6.80. The van der Waals surface area contributed by atoms with Gasteiger partial charge in [0, 0.05) is 5.69 Å². The number of rotatable bonds is 8. The van der Waals surface area contributed by atoms with Gasteiger partial charge in [-0.05, 0) is 42.2 Å². The summed E-state index contributed by atoms with van der Waals surface area (Å²) in [5.74, 6) is -1.23. The van der Waals surface area contributed by atoms with Gasteiger partial charge in [-0.25, -0.2) is 8.42 Å². The zero-order valence-corrected chi connectivity index (χ0v) is 19.0. The van der Waals surface area contributed by atoms with Gasteiger partial charge in [0.2, 0.25) is 10.0 Å². The number of benzene rings is 2. The van der Waals surface area contributed by atoms with Crippen molar-refractivity contribution in [2.45, 2.75) is 31.6 Å². The van der Waals surface area contributed by atoms with E-state index in [9.17, 15) is 18.0 Å². The first-order valence-electron chi connectivity index (χ1n) is 9.01. The summed E-state index contributed by atoms with van der Waals surface area (Å²) in [6.07, 6.45) is 0. The lowest BCUT2D eigenvalue weighted by Gasteiger charge is -2.16. The minimum atomic E-state index is -4.00. The summed E-state index contributed by atoms with van der Waals surface area (Å²) >= 11 is 11.6. The van der Waals surface area contributed by atoms with Gasteiger partial charge in [0.1, 0.15) is 6.54 Å². The number of hydrogen-bond acceptors (Lipinski definition) is 5. The van der Waals surface area contributed by atoms with Crippen LogP contribution in [0.4, 0.5) is 5.69 Å². The lowest BCUT2D eigenvalue weighted by Crippen LogP contribution is -2.32. The predicted molar refractivity (Wildman–Crippen MR) is 117 cm³/mol. The van der Waals surface area contributed by atoms with Crippen molar-refractivity contribution in [3.8, 4) is 0 Å². The van der Waals surface area contributed by atoms with Crippen LogP contribution in [0.3, 0.4) is 0 Å². The summed E-state index contributed by atoms with van der Waals surface area (Å²) < 4.78 is 31.4. The molecule has 2 N–H and O–H groups in total. The number of anilines is 1. The molecule has 0 fully saturated rings. The Morgan fingerprint density at radius 1 is 1.10 bits per heavy atom. The second kappa shape index (κ2) is 10.3. The van der Waals surface area contributed by atoms with Crippen LogP contribution in [0.2, 0.25) is 10.0 Å². The Morgan fingerprint density at radius 2 is 1.80 bits per heavy atom. The van der Waals surface area contributed by atoms with E-state index in [4.69, 9.17) is 27.9 Å². The third-order valence-corrected chi connectivity index (χ3v) is 6.30. The standard InChI is InChI=1S/C20H22Cl2N2O5S/c1-12(2)15-6-4-5-13(3)20(15)24-18(25)11-29-19(26)10-23-30(27,28)14-7-8-16(21)17(22)9-14/h4-9,12,23H,10-11H2,1-3H3,(H,24,25). The van der Waals surface area contributed by atoms with E-state index in [1.54, 1.807) is 0 Å². The summed E-state index contributed by atoms with van der Waals surface area (Å²) in [6, 6.07) is 9.43. The molecule has 0 unspecified atom stereocenters. The molecule has 0 saturated heterocycles. The molecule has 0 aromatic heterocycles. The van der Waals surface area contributed by atoms with Crippen molar-refractivity contribution in [3.05, 3.63) is 57.6 Å². The number of ether oxygens (including phenoxy) is 1. The highest BCUT2D eigenvalue weighted by molar-refractivity contribution is 7.89. The summed E-state index contributed by atoms with van der Waals surface area (Å²) in [5.41, 5.74) is 2.52. The molecule has 0 bridgehead atoms. The minimum Gasteiger partial charge on any atom is -0.455 e. The highest BCUT2D eigenvalue weighted by Gasteiger charge is 2.18. The average molecular weight is 473 g/mol. The molecule has 30 heavy (non-hydrogen) atoms. The van der Waals surface area contributed by atoms with Crippen molar-refractivity contribution >= 4 is 50.8 Å². The molecule has 2 aromatic rings. The molecule has 0 saturated carbocycles. The van der Waals surface area contributed by atoms with Crippen LogP contribution in [-0.4, -0.2) is 33.4 Å². The first-order chi connectivity index (χ1) is 14.0. The number of halogens is 2. The van der Waals surface area contributed by atoms with Crippen molar-refractivity contribution in [1.29, 1.82) is 0 Å². The Hall–Kier alpha value is -2.13. The van der Waals surface area contributed by atoms with Gasteiger partial charge in [0.25, 0.3) is 5.91 Å². The van der Waals surface area contributed by atoms with Crippen LogP contribution in [0.5, 0.6) is 0 Å². The molecule has 162 valence electrons. The van der Waals surface area contributed by atoms with Crippen LogP contribution in [0.25, 0.3) is 0 Å². The summed E-state index contributed by atoms with van der Waals surface area (Å²) in [6.45, 7) is 4.69. The number of carbonyl (C=O) groups is 2. The van der Waals surface area contributed by atoms with Crippen LogP contribution in [0, 0.1) is 6.92 Å². The molecular formula is C20H22Cl2N2O5S. The summed E-state index contributed by atoms with van der Waals surface area (Å²) in [5, 5.41) is 3.01. The van der Waals surface area contributed by atoms with Crippen molar-refractivity contribution in [1.82, 2.24) is 4.72 Å². The number of aryl methyl sites for hydroxylation is 1. The number of para-hydroxylation sites is 1. The van der Waals surface area contributed by atoms with E-state index < -0.39 is 35.1 Å². The van der Waals surface area contributed by atoms with Crippen LogP contribution in [0.15, 0.2) is 41.3 Å². The van der Waals surface area contributed by atoms with Gasteiger partial charge in [0.05, 0.1) is 14.9 Å². The maximum Gasteiger partial charge on any atom is 0.321 e. The summed E-state index contributed by atoms with van der Waals surface area (Å²) in [7, 11) is -4.00. The molecule has 0 aliphatic carbocycles. The first-order valence-corrected chi connectivity index (χ1v) is 11.2. The molecule has 2 rings (SSSR count). The number of carbonyl (C=O) groups excluding carboxylic acids is 2. The third kappa shape index (κ3) is 6.43. The highest BCUT2D eigenvalue weighted by atomic mass is 35.5. The topological polar surface area (TPSA) is 102 Å². The molecule has 0 heterocycles. The van der Waals surface area contributed by atoms with Gasteiger partial charge in [-0.1, -0.05) is 55.2 Å². The van der Waals surface area contributed by atoms with Gasteiger partial charge in [0.15, 0.2) is 6.61 Å². The zero-order chi connectivity index (χ0) is 22.5. The number of hydrogen-bond donors (Lipinski definition) is 2. The Balaban J connectivity index is 1.90. The van der Waals surface area contributed by atoms with Gasteiger partial charge in [-0.3, -0.25) is 9.59 Å². The maximum absolute atomic E-state index is 12.2. The SMILES string of the molecule is Cc1cccc(C(C)C)c1NC(=O)COC(=O)CNS(=O)(=O)c1ccc(Cl)c(Cl)c1. The molecule has 0 atom stereocenters. The Labute approximate surface area is 185 Å². The quantitative estimate of drug-likeness (QED) is 0.567. The number of esters is 1. The molecule has 10 heteroatoms. The van der Waals surface area contributed by atoms with Crippen LogP contribution >= 0.6 is 23.2 Å². The second-order valence-corrected chi connectivity index (χ2v) is 9.38. The number of nitrogens with one attached hydrogen (secondary N) is 2. The van der Waals surface area contributed by atoms with Crippen molar-refractivity contribution in [2.75, 3.05) is 18.5 Å². The Kier molecular flexibility index (Phi) is 8.25. The van der Waals surface area contributed by atoms with E-state index in [2.05, 4.69) is 10.0 Å². The van der Waals surface area contributed by atoms with Crippen molar-refractivity contribution < 1.29 is 22.7 Å². The number of amides is 1. The maximum atomic E-state index is 12.2. The third-order valence-electron chi connectivity index (χ3n) is 4.16. The largest absolute Gasteiger partial charge is 0.455 e. The molecule has 0 spiro atoms. The molecule has 0 radical (unpaired) electrons. The highest BCUT2D eigenvalue weighted by Crippen LogP contribution is 2.27. The minimum absolute atomic E-state index is 0.0655. The molecule has 0 aliphatic rings. The van der Waals surface area contributed by atoms with Crippen LogP contribution < -0.4 is 10.0 Å². The monoisotopic (exact) mass is 472 g/mol. The van der Waals surface area contributed by atoms with E-state index in [0.29, 0.717) is 5.69 Å². The fourth-order valence-corrected chi connectivity index (χ4v) is 3.95. The molecule has 1 amide bonds. The van der Waals surface area contributed by atoms with Gasteiger partial charge in [-0.2, -0.15) is 4.72 Å². The van der Waals surface area contributed by atoms with E-state index >= 15 is 0 Å². The van der Waals surface area contributed by atoms with Gasteiger partial charge in [-0.15, -0.1) is 0 Å². The normalized spacial score (nSPS) is 11.4. The Bertz CT molecular complexity index is 1060. The fourth-order valence-electron chi connectivity index (χ4n) is 2.60.